The molecule has 3 amide bonds. The lowest BCUT2D eigenvalue weighted by molar-refractivity contribution is -0.136. The normalized spacial score (nSPS) is 26.7. The molecule has 1 aliphatic carbocycles. The van der Waals surface area contributed by atoms with Crippen molar-refractivity contribution in [1.82, 2.24) is 10.2 Å². The number of piperidine rings is 1. The first-order valence-electron chi connectivity index (χ1n) is 9.57. The number of anilines is 1. The zero-order valence-corrected chi connectivity index (χ0v) is 16.6. The molecular formula is C20H22BrN3O3. The van der Waals surface area contributed by atoms with Gasteiger partial charge in [-0.05, 0) is 37.3 Å². The molecule has 3 heterocycles. The summed E-state index contributed by atoms with van der Waals surface area (Å²) >= 11 is 3.58. The van der Waals surface area contributed by atoms with Gasteiger partial charge >= 0.3 is 0 Å². The third-order valence-electron chi connectivity index (χ3n) is 6.61. The van der Waals surface area contributed by atoms with Crippen LogP contribution in [0.1, 0.15) is 41.6 Å². The maximum atomic E-state index is 12.9. The van der Waals surface area contributed by atoms with Crippen molar-refractivity contribution >= 4 is 39.3 Å². The van der Waals surface area contributed by atoms with Crippen LogP contribution in [-0.4, -0.2) is 47.1 Å². The first-order valence-corrected chi connectivity index (χ1v) is 10.7. The van der Waals surface area contributed by atoms with Crippen LogP contribution in [-0.2, 0) is 16.1 Å². The number of imide groups is 1. The molecule has 0 bridgehead atoms. The number of benzene rings is 1. The van der Waals surface area contributed by atoms with Gasteiger partial charge in [0, 0.05) is 53.6 Å². The van der Waals surface area contributed by atoms with Gasteiger partial charge in [-0.25, -0.2) is 0 Å². The molecule has 1 atom stereocenters. The maximum absolute atomic E-state index is 12.9. The Hall–Kier alpha value is -1.89. The van der Waals surface area contributed by atoms with E-state index in [0.717, 1.165) is 35.6 Å². The molecule has 1 spiro atoms. The summed E-state index contributed by atoms with van der Waals surface area (Å²) < 4.78 is 0. The van der Waals surface area contributed by atoms with Crippen molar-refractivity contribution in [2.45, 2.75) is 38.3 Å². The highest BCUT2D eigenvalue weighted by molar-refractivity contribution is 9.09. The molecule has 6 nitrogen and oxygen atoms in total. The Bertz CT molecular complexity index is 841. The quantitative estimate of drug-likeness (QED) is 0.587. The van der Waals surface area contributed by atoms with E-state index >= 15 is 0 Å². The summed E-state index contributed by atoms with van der Waals surface area (Å²) in [7, 11) is 0. The van der Waals surface area contributed by atoms with Crippen LogP contribution in [0.2, 0.25) is 0 Å². The molecular weight excluding hydrogens is 410 g/mol. The van der Waals surface area contributed by atoms with E-state index in [1.54, 1.807) is 4.90 Å². The lowest BCUT2D eigenvalue weighted by Crippen LogP contribution is -2.62. The lowest BCUT2D eigenvalue weighted by atomic mass is 9.58. The van der Waals surface area contributed by atoms with Gasteiger partial charge in [-0.2, -0.15) is 0 Å². The minimum Gasteiger partial charge on any atom is -0.370 e. The first-order chi connectivity index (χ1) is 13.0. The van der Waals surface area contributed by atoms with Crippen LogP contribution >= 0.6 is 15.9 Å². The summed E-state index contributed by atoms with van der Waals surface area (Å²) in [4.78, 5) is 40.6. The third kappa shape index (κ3) is 2.62. The SMILES string of the molecule is O=C1CCC(N2Cc3c(cccc3N3CC4(CC(CBr)C4)C3)C2=O)C(=O)N1. The Labute approximate surface area is 166 Å². The van der Waals surface area contributed by atoms with Gasteiger partial charge in [0.15, 0.2) is 0 Å². The van der Waals surface area contributed by atoms with Crippen molar-refractivity contribution in [3.63, 3.8) is 0 Å². The molecule has 1 saturated carbocycles. The summed E-state index contributed by atoms with van der Waals surface area (Å²) in [5, 5.41) is 3.45. The summed E-state index contributed by atoms with van der Waals surface area (Å²) in [6, 6.07) is 5.33. The molecule has 3 aliphatic heterocycles. The van der Waals surface area contributed by atoms with Gasteiger partial charge in [0.2, 0.25) is 11.8 Å². The highest BCUT2D eigenvalue weighted by atomic mass is 79.9. The van der Waals surface area contributed by atoms with Gasteiger partial charge in [0.25, 0.3) is 5.91 Å². The van der Waals surface area contributed by atoms with Gasteiger partial charge in [0.1, 0.15) is 6.04 Å². The third-order valence-corrected chi connectivity index (χ3v) is 7.53. The Morgan fingerprint density at radius 1 is 1.19 bits per heavy atom. The van der Waals surface area contributed by atoms with Gasteiger partial charge in [-0.15, -0.1) is 0 Å². The maximum Gasteiger partial charge on any atom is 0.255 e. The highest BCUT2D eigenvalue weighted by Gasteiger charge is 2.52. The second kappa shape index (κ2) is 6.06. The van der Waals surface area contributed by atoms with Gasteiger partial charge in [-0.1, -0.05) is 22.0 Å². The van der Waals surface area contributed by atoms with Crippen molar-refractivity contribution in [3.05, 3.63) is 29.3 Å². The number of rotatable bonds is 3. The van der Waals surface area contributed by atoms with Gasteiger partial charge in [0.05, 0.1) is 0 Å². The number of hydrogen-bond donors (Lipinski definition) is 1. The van der Waals surface area contributed by atoms with Crippen molar-refractivity contribution < 1.29 is 14.4 Å². The minimum absolute atomic E-state index is 0.0976. The number of carbonyl (C=O) groups is 3. The van der Waals surface area contributed by atoms with Crippen molar-refractivity contribution in [2.75, 3.05) is 23.3 Å². The van der Waals surface area contributed by atoms with E-state index in [-0.39, 0.29) is 24.1 Å². The van der Waals surface area contributed by atoms with E-state index in [4.69, 9.17) is 0 Å². The Morgan fingerprint density at radius 3 is 2.67 bits per heavy atom. The molecule has 27 heavy (non-hydrogen) atoms. The molecule has 5 rings (SSSR count). The van der Waals surface area contributed by atoms with Crippen molar-refractivity contribution in [2.24, 2.45) is 11.3 Å². The van der Waals surface area contributed by atoms with E-state index in [9.17, 15) is 14.4 Å². The summed E-state index contributed by atoms with van der Waals surface area (Å²) in [5.74, 6) is 0.0965. The van der Waals surface area contributed by atoms with Crippen LogP contribution in [0, 0.1) is 11.3 Å². The van der Waals surface area contributed by atoms with Crippen molar-refractivity contribution in [3.8, 4) is 0 Å². The molecule has 0 aromatic heterocycles. The summed E-state index contributed by atoms with van der Waals surface area (Å²) in [6.07, 6.45) is 3.25. The Balaban J connectivity index is 1.34. The topological polar surface area (TPSA) is 69.7 Å². The van der Waals surface area contributed by atoms with Crippen LogP contribution in [0.5, 0.6) is 0 Å². The molecule has 7 heteroatoms. The molecule has 1 N–H and O–H groups in total. The number of carbonyl (C=O) groups excluding carboxylic acids is 3. The van der Waals surface area contributed by atoms with Crippen LogP contribution in [0.3, 0.4) is 0 Å². The lowest BCUT2D eigenvalue weighted by Gasteiger charge is -2.60. The van der Waals surface area contributed by atoms with E-state index in [1.807, 2.05) is 12.1 Å². The predicted molar refractivity (Wildman–Crippen MR) is 104 cm³/mol. The molecule has 142 valence electrons. The number of halogens is 1. The zero-order chi connectivity index (χ0) is 18.8. The first kappa shape index (κ1) is 17.2. The average molecular weight is 432 g/mol. The molecule has 2 saturated heterocycles. The minimum atomic E-state index is -0.551. The van der Waals surface area contributed by atoms with Crippen LogP contribution in [0.15, 0.2) is 18.2 Å². The van der Waals surface area contributed by atoms with E-state index in [1.165, 1.54) is 12.8 Å². The second-order valence-corrected chi connectivity index (χ2v) is 9.14. The Kier molecular flexibility index (Phi) is 3.86. The molecule has 1 unspecified atom stereocenters. The van der Waals surface area contributed by atoms with Gasteiger partial charge in [-0.3, -0.25) is 19.7 Å². The van der Waals surface area contributed by atoms with Gasteiger partial charge < -0.3 is 9.80 Å². The monoisotopic (exact) mass is 431 g/mol. The molecule has 1 aromatic carbocycles. The van der Waals surface area contributed by atoms with E-state index in [2.05, 4.69) is 32.2 Å². The molecule has 1 aromatic rings. The number of amides is 3. The fraction of sp³-hybridized carbons (Fsp3) is 0.550. The summed E-state index contributed by atoms with van der Waals surface area (Å²) in [6.45, 7) is 2.56. The highest BCUT2D eigenvalue weighted by Crippen LogP contribution is 2.54. The average Bonchev–Trinajstić information content (AvgIpc) is 2.90. The standard InChI is InChI=1S/C20H22BrN3O3/c21-8-12-6-20(7-12)10-23(11-20)15-3-1-2-13-14(15)9-24(19(13)27)16-4-5-17(25)22-18(16)26/h1-3,12,16H,4-11H2,(H,22,25,26). The number of nitrogens with one attached hydrogen (secondary N) is 1. The zero-order valence-electron chi connectivity index (χ0n) is 15.0. The smallest absolute Gasteiger partial charge is 0.255 e. The Morgan fingerprint density at radius 2 is 1.96 bits per heavy atom. The number of nitrogens with zero attached hydrogens (tertiary/aromatic N) is 2. The van der Waals surface area contributed by atoms with Crippen LogP contribution in [0.4, 0.5) is 5.69 Å². The van der Waals surface area contributed by atoms with E-state index < -0.39 is 6.04 Å². The summed E-state index contributed by atoms with van der Waals surface area (Å²) in [5.41, 5.74) is 3.32. The van der Waals surface area contributed by atoms with E-state index in [0.29, 0.717) is 23.9 Å². The largest absolute Gasteiger partial charge is 0.370 e. The number of hydrogen-bond acceptors (Lipinski definition) is 4. The molecule has 3 fully saturated rings. The van der Waals surface area contributed by atoms with Crippen LogP contribution < -0.4 is 10.2 Å². The fourth-order valence-corrected chi connectivity index (χ4v) is 5.79. The fourth-order valence-electron chi connectivity index (χ4n) is 5.33. The predicted octanol–water partition coefficient (Wildman–Crippen LogP) is 2.06. The second-order valence-electron chi connectivity index (χ2n) is 8.49. The molecule has 0 radical (unpaired) electrons. The molecule has 4 aliphatic rings. The van der Waals surface area contributed by atoms with Crippen LogP contribution in [0.25, 0.3) is 0 Å². The number of fused-ring (bicyclic) bond motifs is 1. The number of alkyl halides is 1. The van der Waals surface area contributed by atoms with Crippen molar-refractivity contribution in [1.29, 1.82) is 0 Å².